The van der Waals surface area contributed by atoms with E-state index in [-0.39, 0.29) is 0 Å². The van der Waals surface area contributed by atoms with Gasteiger partial charge < -0.3 is 4.57 Å². The number of hydrogen-bond acceptors (Lipinski definition) is 0. The summed E-state index contributed by atoms with van der Waals surface area (Å²) in [6.07, 6.45) is 7.67. The third-order valence-electron chi connectivity index (χ3n) is 2.76. The van der Waals surface area contributed by atoms with Crippen molar-refractivity contribution in [3.63, 3.8) is 0 Å². The Hall–Kier alpha value is -1.50. The first-order valence-electron chi connectivity index (χ1n) is 5.48. The second-order valence-corrected chi connectivity index (χ2v) is 3.88. The van der Waals surface area contributed by atoms with Crippen molar-refractivity contribution in [2.45, 2.75) is 26.8 Å². The van der Waals surface area contributed by atoms with Crippen molar-refractivity contribution in [3.05, 3.63) is 48.2 Å². The molecular formula is C14H17N. The predicted octanol–water partition coefficient (Wildman–Crippen LogP) is 3.92. The maximum atomic E-state index is 2.34. The Labute approximate surface area is 91.0 Å². The summed E-state index contributed by atoms with van der Waals surface area (Å²) >= 11 is 0. The average Bonchev–Trinajstić information content (AvgIpc) is 2.58. The summed E-state index contributed by atoms with van der Waals surface area (Å²) < 4.78 is 2.34. The minimum atomic E-state index is 1.07. The average molecular weight is 199 g/mol. The smallest absolute Gasteiger partial charge is 0.0483 e. The van der Waals surface area contributed by atoms with Crippen LogP contribution in [0, 0.1) is 6.92 Å². The number of aromatic nitrogens is 1. The normalized spacial score (nSPS) is 11.6. The molecule has 0 unspecified atom stereocenters. The van der Waals surface area contributed by atoms with Gasteiger partial charge in [0.2, 0.25) is 0 Å². The van der Waals surface area contributed by atoms with Crippen molar-refractivity contribution < 1.29 is 0 Å². The SMILES string of the molecule is C/C=C\CCn1cc(C)c2ccccc21. The molecule has 0 saturated carbocycles. The van der Waals surface area contributed by atoms with Crippen LogP contribution in [0.2, 0.25) is 0 Å². The van der Waals surface area contributed by atoms with Gasteiger partial charge in [0.15, 0.2) is 0 Å². The van der Waals surface area contributed by atoms with Crippen LogP contribution >= 0.6 is 0 Å². The summed E-state index contributed by atoms with van der Waals surface area (Å²) in [4.78, 5) is 0. The first kappa shape index (κ1) is 10.0. The molecule has 2 aromatic rings. The van der Waals surface area contributed by atoms with Gasteiger partial charge in [-0.15, -0.1) is 0 Å². The molecule has 0 radical (unpaired) electrons. The van der Waals surface area contributed by atoms with Crippen LogP contribution in [0.25, 0.3) is 10.9 Å². The summed E-state index contributed by atoms with van der Waals surface area (Å²) in [5.41, 5.74) is 2.71. The highest BCUT2D eigenvalue weighted by Gasteiger charge is 2.02. The Bertz CT molecular complexity index is 477. The minimum absolute atomic E-state index is 1.07. The van der Waals surface area contributed by atoms with Crippen LogP contribution in [0.4, 0.5) is 0 Å². The molecule has 0 saturated heterocycles. The van der Waals surface area contributed by atoms with E-state index in [1.807, 2.05) is 0 Å². The summed E-state index contributed by atoms with van der Waals surface area (Å²) in [5.74, 6) is 0. The highest BCUT2D eigenvalue weighted by molar-refractivity contribution is 5.83. The van der Waals surface area contributed by atoms with Crippen molar-refractivity contribution >= 4 is 10.9 Å². The Morgan fingerprint density at radius 1 is 1.27 bits per heavy atom. The molecule has 1 heteroatoms. The van der Waals surface area contributed by atoms with E-state index in [0.29, 0.717) is 0 Å². The number of benzene rings is 1. The molecular weight excluding hydrogens is 182 g/mol. The molecule has 0 bridgehead atoms. The molecule has 0 aliphatic carbocycles. The second kappa shape index (κ2) is 4.35. The molecule has 1 aromatic heterocycles. The summed E-state index contributed by atoms with van der Waals surface area (Å²) in [5, 5.41) is 1.37. The number of nitrogens with zero attached hydrogens (tertiary/aromatic N) is 1. The predicted molar refractivity (Wildman–Crippen MR) is 66.1 cm³/mol. The Balaban J connectivity index is 2.35. The second-order valence-electron chi connectivity index (χ2n) is 3.88. The highest BCUT2D eigenvalue weighted by atomic mass is 14.9. The van der Waals surface area contributed by atoms with Gasteiger partial charge in [-0.2, -0.15) is 0 Å². The van der Waals surface area contributed by atoms with E-state index in [1.165, 1.54) is 16.5 Å². The zero-order valence-corrected chi connectivity index (χ0v) is 9.40. The van der Waals surface area contributed by atoms with E-state index in [1.54, 1.807) is 0 Å². The van der Waals surface area contributed by atoms with Crippen LogP contribution in [0.15, 0.2) is 42.6 Å². The van der Waals surface area contributed by atoms with Crippen LogP contribution in [-0.4, -0.2) is 4.57 Å². The Kier molecular flexibility index (Phi) is 2.91. The molecule has 0 N–H and O–H groups in total. The van der Waals surface area contributed by atoms with Gasteiger partial charge in [-0.1, -0.05) is 30.4 Å². The summed E-state index contributed by atoms with van der Waals surface area (Å²) in [6.45, 7) is 5.31. The fourth-order valence-corrected chi connectivity index (χ4v) is 2.00. The van der Waals surface area contributed by atoms with Crippen molar-refractivity contribution in [2.24, 2.45) is 0 Å². The van der Waals surface area contributed by atoms with Crippen LogP contribution in [0.3, 0.4) is 0 Å². The Morgan fingerprint density at radius 2 is 2.07 bits per heavy atom. The fourth-order valence-electron chi connectivity index (χ4n) is 2.00. The van der Waals surface area contributed by atoms with Gasteiger partial charge >= 0.3 is 0 Å². The van der Waals surface area contributed by atoms with Crippen LogP contribution in [0.5, 0.6) is 0 Å². The van der Waals surface area contributed by atoms with E-state index in [2.05, 4.69) is 61.0 Å². The lowest BCUT2D eigenvalue weighted by atomic mass is 10.2. The molecule has 0 aliphatic heterocycles. The molecule has 78 valence electrons. The minimum Gasteiger partial charge on any atom is -0.347 e. The topological polar surface area (TPSA) is 4.93 Å². The number of fused-ring (bicyclic) bond motifs is 1. The van der Waals surface area contributed by atoms with Gasteiger partial charge in [-0.3, -0.25) is 0 Å². The summed E-state index contributed by atoms with van der Waals surface area (Å²) in [7, 11) is 0. The Morgan fingerprint density at radius 3 is 2.87 bits per heavy atom. The van der Waals surface area contributed by atoms with Gasteiger partial charge in [0.05, 0.1) is 0 Å². The molecule has 0 amide bonds. The van der Waals surface area contributed by atoms with Crippen molar-refractivity contribution in [2.75, 3.05) is 0 Å². The summed E-state index contributed by atoms with van der Waals surface area (Å²) in [6, 6.07) is 8.59. The number of hydrogen-bond donors (Lipinski definition) is 0. The van der Waals surface area contributed by atoms with E-state index in [9.17, 15) is 0 Å². The largest absolute Gasteiger partial charge is 0.347 e. The third kappa shape index (κ3) is 1.96. The number of aryl methyl sites for hydroxylation is 2. The third-order valence-corrected chi connectivity index (χ3v) is 2.76. The lowest BCUT2D eigenvalue weighted by molar-refractivity contribution is 0.736. The zero-order chi connectivity index (χ0) is 10.7. The van der Waals surface area contributed by atoms with Crippen molar-refractivity contribution in [1.82, 2.24) is 4.57 Å². The monoisotopic (exact) mass is 199 g/mol. The standard InChI is InChI=1S/C14H17N/c1-3-4-7-10-15-11-12(2)13-8-5-6-9-14(13)15/h3-6,8-9,11H,7,10H2,1-2H3/b4-3-. The molecule has 15 heavy (non-hydrogen) atoms. The first-order valence-corrected chi connectivity index (χ1v) is 5.48. The zero-order valence-electron chi connectivity index (χ0n) is 9.40. The van der Waals surface area contributed by atoms with Crippen LogP contribution in [0.1, 0.15) is 18.9 Å². The first-order chi connectivity index (χ1) is 7.33. The van der Waals surface area contributed by atoms with Crippen LogP contribution < -0.4 is 0 Å². The van der Waals surface area contributed by atoms with Crippen LogP contribution in [-0.2, 0) is 6.54 Å². The molecule has 1 heterocycles. The lowest BCUT2D eigenvalue weighted by Gasteiger charge is -2.01. The van der Waals surface area contributed by atoms with Gasteiger partial charge in [0.25, 0.3) is 0 Å². The van der Waals surface area contributed by atoms with Crippen molar-refractivity contribution in [3.8, 4) is 0 Å². The molecule has 0 spiro atoms. The molecule has 2 rings (SSSR count). The highest BCUT2D eigenvalue weighted by Crippen LogP contribution is 2.20. The number of para-hydroxylation sites is 1. The van der Waals surface area contributed by atoms with Gasteiger partial charge in [0.1, 0.15) is 0 Å². The van der Waals surface area contributed by atoms with E-state index >= 15 is 0 Å². The quantitative estimate of drug-likeness (QED) is 0.660. The van der Waals surface area contributed by atoms with E-state index < -0.39 is 0 Å². The number of rotatable bonds is 3. The molecule has 0 aliphatic rings. The van der Waals surface area contributed by atoms with E-state index in [4.69, 9.17) is 0 Å². The lowest BCUT2D eigenvalue weighted by Crippen LogP contribution is -1.93. The molecule has 1 aromatic carbocycles. The number of allylic oxidation sites excluding steroid dienone is 2. The van der Waals surface area contributed by atoms with Gasteiger partial charge in [-0.25, -0.2) is 0 Å². The molecule has 0 atom stereocenters. The van der Waals surface area contributed by atoms with Gasteiger partial charge in [0, 0.05) is 23.6 Å². The van der Waals surface area contributed by atoms with E-state index in [0.717, 1.165) is 13.0 Å². The fraction of sp³-hybridized carbons (Fsp3) is 0.286. The van der Waals surface area contributed by atoms with Gasteiger partial charge in [-0.05, 0) is 31.9 Å². The molecule has 1 nitrogen and oxygen atoms in total. The molecule has 0 fully saturated rings. The maximum Gasteiger partial charge on any atom is 0.0483 e. The maximum absolute atomic E-state index is 2.34. The van der Waals surface area contributed by atoms with Crippen molar-refractivity contribution in [1.29, 1.82) is 0 Å².